The van der Waals surface area contributed by atoms with Crippen LogP contribution >= 0.6 is 0 Å². The number of nitrogens with zero attached hydrogens (tertiary/aromatic N) is 6. The van der Waals surface area contributed by atoms with Crippen LogP contribution in [-0.4, -0.2) is 42.4 Å². The molecule has 6 heterocycles. The molecule has 244 valence electrons. The summed E-state index contributed by atoms with van der Waals surface area (Å²) in [5.41, 5.74) is 8.16. The number of aromatic nitrogens is 4. The lowest BCUT2D eigenvalue weighted by atomic mass is 10.1. The monoisotopic (exact) mass is 654 g/mol. The number of benzene rings is 3. The lowest BCUT2D eigenvalue weighted by molar-refractivity contribution is 0.513. The standard InChI is InChI=1S/C40H34N10/c1-2-9-28(10-3-1)25-48-24-8-11-35(48)38-45-39(41-31-18-14-29(15-19-31)33-26-49-22-6-4-12-36(49)43-33)47-40(46-38)42-32-20-16-30(17-21-32)34-27-50-23-7-5-13-37(50)44-34/h1-21,24,26-27,43-44H,22-23,25H2,(H2,41,42,45,46,47). The van der Waals surface area contributed by atoms with Gasteiger partial charge in [0, 0.05) is 49.6 Å². The van der Waals surface area contributed by atoms with Crippen molar-refractivity contribution in [3.05, 3.63) is 174 Å². The fraction of sp³-hybridized carbons (Fsp3) is 0.0750. The van der Waals surface area contributed by atoms with Gasteiger partial charge in [0.05, 0.1) is 17.1 Å². The number of hydrogen-bond donors (Lipinski definition) is 4. The Morgan fingerprint density at radius 1 is 0.600 bits per heavy atom. The van der Waals surface area contributed by atoms with E-state index >= 15 is 0 Å². The van der Waals surface area contributed by atoms with Crippen LogP contribution in [0, 0.1) is 0 Å². The Bertz CT molecular complexity index is 2120. The third-order valence-corrected chi connectivity index (χ3v) is 8.89. The van der Waals surface area contributed by atoms with Crippen LogP contribution in [0.4, 0.5) is 23.3 Å². The molecule has 3 aromatic carbocycles. The average Bonchev–Trinajstić information content (AvgIpc) is 3.91. The van der Waals surface area contributed by atoms with Crippen molar-refractivity contribution >= 4 is 34.7 Å². The lowest BCUT2D eigenvalue weighted by Gasteiger charge is -2.17. The molecule has 0 aliphatic carbocycles. The summed E-state index contributed by atoms with van der Waals surface area (Å²) in [6.45, 7) is 2.43. The fourth-order valence-corrected chi connectivity index (χ4v) is 6.33. The largest absolute Gasteiger partial charge is 0.341 e. The minimum Gasteiger partial charge on any atom is -0.341 e. The molecule has 0 saturated carbocycles. The van der Waals surface area contributed by atoms with Crippen LogP contribution in [0.25, 0.3) is 22.9 Å². The minimum absolute atomic E-state index is 0.444. The molecule has 10 nitrogen and oxygen atoms in total. The number of nitrogens with one attached hydrogen (secondary N) is 4. The van der Waals surface area contributed by atoms with Crippen molar-refractivity contribution < 1.29 is 0 Å². The molecule has 0 amide bonds. The average molecular weight is 655 g/mol. The Balaban J connectivity index is 0.987. The van der Waals surface area contributed by atoms with Crippen molar-refractivity contribution in [1.82, 2.24) is 40.0 Å². The van der Waals surface area contributed by atoms with E-state index in [4.69, 9.17) is 15.0 Å². The summed E-state index contributed by atoms with van der Waals surface area (Å²) in [5, 5.41) is 13.9. The molecular formula is C40H34N10. The maximum absolute atomic E-state index is 4.90. The van der Waals surface area contributed by atoms with E-state index in [0.29, 0.717) is 24.3 Å². The van der Waals surface area contributed by atoms with Gasteiger partial charge in [-0.15, -0.1) is 0 Å². The van der Waals surface area contributed by atoms with Crippen LogP contribution in [-0.2, 0) is 6.54 Å². The second-order valence-corrected chi connectivity index (χ2v) is 12.3. The quantitative estimate of drug-likeness (QED) is 0.133. The molecule has 9 rings (SSSR count). The van der Waals surface area contributed by atoms with Crippen molar-refractivity contribution in [3.8, 4) is 11.5 Å². The van der Waals surface area contributed by atoms with Gasteiger partial charge in [0.25, 0.3) is 0 Å². The minimum atomic E-state index is 0.444. The zero-order chi connectivity index (χ0) is 33.3. The molecule has 50 heavy (non-hydrogen) atoms. The first-order chi connectivity index (χ1) is 24.7. The highest BCUT2D eigenvalue weighted by molar-refractivity contribution is 5.72. The highest BCUT2D eigenvalue weighted by atomic mass is 15.3. The molecule has 10 heteroatoms. The third-order valence-electron chi connectivity index (χ3n) is 8.89. The topological polar surface area (TPSA) is 98.2 Å². The van der Waals surface area contributed by atoms with Gasteiger partial charge in [-0.25, -0.2) is 0 Å². The van der Waals surface area contributed by atoms with Crippen molar-refractivity contribution in [1.29, 1.82) is 0 Å². The molecule has 0 saturated heterocycles. The third kappa shape index (κ3) is 6.01. The van der Waals surface area contributed by atoms with Crippen LogP contribution in [0.5, 0.6) is 0 Å². The molecule has 4 aliphatic rings. The fourth-order valence-electron chi connectivity index (χ4n) is 6.33. The van der Waals surface area contributed by atoms with Gasteiger partial charge in [-0.3, -0.25) is 0 Å². The molecule has 0 bridgehead atoms. The van der Waals surface area contributed by atoms with Crippen molar-refractivity contribution in [2.45, 2.75) is 6.54 Å². The van der Waals surface area contributed by atoms with Crippen molar-refractivity contribution in [2.75, 3.05) is 23.7 Å². The molecule has 4 aliphatic heterocycles. The molecule has 2 aromatic heterocycles. The normalized spacial score (nSPS) is 15.7. The Hall–Kier alpha value is -6.81. The highest BCUT2D eigenvalue weighted by Gasteiger charge is 2.20. The Labute approximate surface area is 290 Å². The molecule has 0 radical (unpaired) electrons. The predicted octanol–water partition coefficient (Wildman–Crippen LogP) is 7.11. The van der Waals surface area contributed by atoms with Crippen molar-refractivity contribution in [2.24, 2.45) is 0 Å². The van der Waals surface area contributed by atoms with E-state index in [-0.39, 0.29) is 0 Å². The van der Waals surface area contributed by atoms with E-state index in [9.17, 15) is 0 Å². The van der Waals surface area contributed by atoms with Gasteiger partial charge in [0.2, 0.25) is 11.9 Å². The van der Waals surface area contributed by atoms with Crippen LogP contribution in [0.1, 0.15) is 16.7 Å². The summed E-state index contributed by atoms with van der Waals surface area (Å²) >= 11 is 0. The Morgan fingerprint density at radius 3 is 1.70 bits per heavy atom. The second-order valence-electron chi connectivity index (χ2n) is 12.3. The molecule has 0 unspecified atom stereocenters. The lowest BCUT2D eigenvalue weighted by Crippen LogP contribution is -2.20. The number of rotatable bonds is 9. The van der Waals surface area contributed by atoms with Gasteiger partial charge in [-0.05, 0) is 65.2 Å². The van der Waals surface area contributed by atoms with E-state index in [1.807, 2.05) is 42.5 Å². The Morgan fingerprint density at radius 2 is 1.16 bits per heavy atom. The molecule has 0 fully saturated rings. The summed E-state index contributed by atoms with van der Waals surface area (Å²) in [4.78, 5) is 19.0. The SMILES string of the molecule is C1=CCN2C=C(c3ccc(Nc4nc(Nc5ccc(C6=CN7CC=CC=C7N6)cc5)nc(-c5cccn5Cc5ccccc5)n4)cc3)NC2=C1. The summed E-state index contributed by atoms with van der Waals surface area (Å²) < 4.78 is 2.16. The summed E-state index contributed by atoms with van der Waals surface area (Å²) in [7, 11) is 0. The maximum atomic E-state index is 4.90. The van der Waals surface area contributed by atoms with E-state index in [0.717, 1.165) is 64.3 Å². The molecule has 0 atom stereocenters. The maximum Gasteiger partial charge on any atom is 0.232 e. The number of hydrogen-bond acceptors (Lipinski definition) is 9. The zero-order valence-electron chi connectivity index (χ0n) is 27.2. The van der Waals surface area contributed by atoms with Gasteiger partial charge in [-0.2, -0.15) is 15.0 Å². The Kier molecular flexibility index (Phi) is 7.43. The van der Waals surface area contributed by atoms with Crippen LogP contribution in [0.2, 0.25) is 0 Å². The van der Waals surface area contributed by atoms with E-state index < -0.39 is 0 Å². The smallest absolute Gasteiger partial charge is 0.232 e. The van der Waals surface area contributed by atoms with Gasteiger partial charge in [0.1, 0.15) is 11.6 Å². The number of fused-ring (bicyclic) bond motifs is 2. The van der Waals surface area contributed by atoms with E-state index in [2.05, 4.69) is 139 Å². The molecule has 0 spiro atoms. The predicted molar refractivity (Wildman–Crippen MR) is 198 cm³/mol. The first kappa shape index (κ1) is 29.3. The van der Waals surface area contributed by atoms with Crippen LogP contribution in [0.15, 0.2) is 158 Å². The van der Waals surface area contributed by atoms with Crippen LogP contribution in [0.3, 0.4) is 0 Å². The van der Waals surface area contributed by atoms with E-state index in [1.54, 1.807) is 0 Å². The van der Waals surface area contributed by atoms with Gasteiger partial charge in [-0.1, -0.05) is 78.9 Å². The zero-order valence-corrected chi connectivity index (χ0v) is 27.2. The van der Waals surface area contributed by atoms with Gasteiger partial charge >= 0.3 is 0 Å². The van der Waals surface area contributed by atoms with Crippen molar-refractivity contribution in [3.63, 3.8) is 0 Å². The van der Waals surface area contributed by atoms with Crippen LogP contribution < -0.4 is 21.3 Å². The van der Waals surface area contributed by atoms with Gasteiger partial charge < -0.3 is 35.6 Å². The first-order valence-electron chi connectivity index (χ1n) is 16.7. The number of allylic oxidation sites excluding steroid dienone is 4. The summed E-state index contributed by atoms with van der Waals surface area (Å²) in [6.07, 6.45) is 18.9. The first-order valence-corrected chi connectivity index (χ1v) is 16.7. The summed E-state index contributed by atoms with van der Waals surface area (Å²) in [6, 6.07) is 31.0. The summed E-state index contributed by atoms with van der Waals surface area (Å²) in [5.74, 6) is 3.64. The van der Waals surface area contributed by atoms with E-state index in [1.165, 1.54) is 5.56 Å². The highest BCUT2D eigenvalue weighted by Crippen LogP contribution is 2.29. The number of anilines is 4. The molecule has 5 aromatic rings. The van der Waals surface area contributed by atoms with Gasteiger partial charge in [0.15, 0.2) is 5.82 Å². The molecule has 4 N–H and O–H groups in total. The second kappa shape index (κ2) is 12.7. The molecular weight excluding hydrogens is 621 g/mol.